The minimum atomic E-state index is -0.303. The van der Waals surface area contributed by atoms with Gasteiger partial charge in [0.1, 0.15) is 12.4 Å². The summed E-state index contributed by atoms with van der Waals surface area (Å²) >= 11 is 7.10. The van der Waals surface area contributed by atoms with E-state index < -0.39 is 0 Å². The van der Waals surface area contributed by atoms with Crippen LogP contribution in [0.5, 0.6) is 17.2 Å². The van der Waals surface area contributed by atoms with E-state index in [1.165, 1.54) is 30.0 Å². The Bertz CT molecular complexity index is 1010. The third-order valence-corrected chi connectivity index (χ3v) is 5.17. The number of ether oxygens (including phenoxy) is 2. The van der Waals surface area contributed by atoms with Crippen LogP contribution in [0.2, 0.25) is 5.02 Å². The Morgan fingerprint density at radius 3 is 2.76 bits per heavy atom. The van der Waals surface area contributed by atoms with Crippen LogP contribution in [-0.4, -0.2) is 38.6 Å². The maximum absolute atomic E-state index is 12.2. The van der Waals surface area contributed by atoms with E-state index in [4.69, 9.17) is 21.1 Å². The molecule has 0 radical (unpaired) electrons. The van der Waals surface area contributed by atoms with Crippen LogP contribution in [0.4, 0.5) is 5.69 Å². The number of anilines is 1. The summed E-state index contributed by atoms with van der Waals surface area (Å²) in [5.74, 6) is 1.57. The van der Waals surface area contributed by atoms with Gasteiger partial charge >= 0.3 is 0 Å². The third kappa shape index (κ3) is 5.33. The Morgan fingerprint density at radius 2 is 2.00 bits per heavy atom. The maximum atomic E-state index is 12.2. The summed E-state index contributed by atoms with van der Waals surface area (Å²) in [6, 6.07) is 11.8. The highest BCUT2D eigenvalue weighted by molar-refractivity contribution is 7.99. The Labute approximate surface area is 176 Å². The molecule has 10 heteroatoms. The molecule has 0 aliphatic carbocycles. The second-order valence-electron chi connectivity index (χ2n) is 5.90. The molecule has 0 saturated carbocycles. The number of amides is 1. The summed E-state index contributed by atoms with van der Waals surface area (Å²) in [7, 11) is 3.37. The number of nitrogens with one attached hydrogen (secondary N) is 1. The largest absolute Gasteiger partial charge is 0.506 e. The number of phenols is 1. The predicted molar refractivity (Wildman–Crippen MR) is 111 cm³/mol. The van der Waals surface area contributed by atoms with E-state index in [9.17, 15) is 9.90 Å². The van der Waals surface area contributed by atoms with Crippen LogP contribution >= 0.6 is 23.4 Å². The van der Waals surface area contributed by atoms with Gasteiger partial charge in [-0.05, 0) is 30.3 Å². The molecule has 8 nitrogen and oxygen atoms in total. The standard InChI is InChI=1S/C19H19ClN4O4S/c1-24-17(10-28-16-6-4-3-5-15(16)27-2)22-23-19(24)29-11-18(26)21-13-9-12(20)7-8-14(13)25/h3-9,25H,10-11H2,1-2H3,(H,21,26). The topological polar surface area (TPSA) is 98.5 Å². The number of methoxy groups -OCH3 is 1. The van der Waals surface area contributed by atoms with E-state index >= 15 is 0 Å². The molecule has 1 aromatic heterocycles. The fourth-order valence-electron chi connectivity index (χ4n) is 2.40. The zero-order valence-electron chi connectivity index (χ0n) is 15.8. The van der Waals surface area contributed by atoms with Gasteiger partial charge in [0.15, 0.2) is 22.5 Å². The van der Waals surface area contributed by atoms with Gasteiger partial charge in [0.25, 0.3) is 0 Å². The molecule has 2 aromatic carbocycles. The number of aromatic nitrogens is 3. The number of hydrogen-bond donors (Lipinski definition) is 2. The van der Waals surface area contributed by atoms with Crippen LogP contribution in [0.15, 0.2) is 47.6 Å². The van der Waals surface area contributed by atoms with Gasteiger partial charge in [-0.15, -0.1) is 10.2 Å². The first-order valence-electron chi connectivity index (χ1n) is 8.53. The molecule has 3 aromatic rings. The fourth-order valence-corrected chi connectivity index (χ4v) is 3.30. The average molecular weight is 435 g/mol. The first-order valence-corrected chi connectivity index (χ1v) is 9.89. The summed E-state index contributed by atoms with van der Waals surface area (Å²) in [6.45, 7) is 0.201. The molecule has 0 atom stereocenters. The number of carbonyl (C=O) groups excluding carboxylic acids is 1. The second kappa shape index (κ2) is 9.53. The third-order valence-electron chi connectivity index (χ3n) is 3.92. The van der Waals surface area contributed by atoms with Gasteiger partial charge in [-0.25, -0.2) is 0 Å². The van der Waals surface area contributed by atoms with Crippen molar-refractivity contribution in [2.24, 2.45) is 7.05 Å². The van der Waals surface area contributed by atoms with Crippen molar-refractivity contribution in [1.29, 1.82) is 0 Å². The van der Waals surface area contributed by atoms with Crippen molar-refractivity contribution < 1.29 is 19.4 Å². The molecule has 0 spiro atoms. The number of carbonyl (C=O) groups is 1. The van der Waals surface area contributed by atoms with Crippen LogP contribution in [0.3, 0.4) is 0 Å². The van der Waals surface area contributed by atoms with Crippen molar-refractivity contribution in [1.82, 2.24) is 14.8 Å². The van der Waals surface area contributed by atoms with Crippen molar-refractivity contribution in [2.45, 2.75) is 11.8 Å². The van der Waals surface area contributed by atoms with E-state index in [1.807, 2.05) is 18.2 Å². The van der Waals surface area contributed by atoms with Crippen LogP contribution in [0, 0.1) is 0 Å². The highest BCUT2D eigenvalue weighted by atomic mass is 35.5. The van der Waals surface area contributed by atoms with Crippen molar-refractivity contribution in [2.75, 3.05) is 18.2 Å². The van der Waals surface area contributed by atoms with E-state index in [2.05, 4.69) is 15.5 Å². The molecule has 0 fully saturated rings. The average Bonchev–Trinajstić information content (AvgIpc) is 3.07. The van der Waals surface area contributed by atoms with Gasteiger partial charge in [0, 0.05) is 12.1 Å². The zero-order valence-corrected chi connectivity index (χ0v) is 17.3. The number of aromatic hydroxyl groups is 1. The molecule has 3 rings (SSSR count). The van der Waals surface area contributed by atoms with E-state index in [-0.39, 0.29) is 29.7 Å². The van der Waals surface area contributed by atoms with Gasteiger partial charge in [-0.1, -0.05) is 35.5 Å². The highest BCUT2D eigenvalue weighted by Gasteiger charge is 2.14. The summed E-state index contributed by atoms with van der Waals surface area (Å²) in [4.78, 5) is 12.2. The number of phenolic OH excluding ortho intramolecular Hbond substituents is 1. The van der Waals surface area contributed by atoms with Crippen molar-refractivity contribution in [3.8, 4) is 17.2 Å². The molecular formula is C19H19ClN4O4S. The molecular weight excluding hydrogens is 416 g/mol. The number of para-hydroxylation sites is 2. The van der Waals surface area contributed by atoms with Crippen molar-refractivity contribution in [3.05, 3.63) is 53.3 Å². The van der Waals surface area contributed by atoms with Crippen LogP contribution < -0.4 is 14.8 Å². The summed E-state index contributed by atoms with van der Waals surface area (Å²) in [6.07, 6.45) is 0. The SMILES string of the molecule is COc1ccccc1OCc1nnc(SCC(=O)Nc2cc(Cl)ccc2O)n1C. The number of thioether (sulfide) groups is 1. The van der Waals surface area contributed by atoms with Crippen molar-refractivity contribution >= 4 is 35.0 Å². The van der Waals surface area contributed by atoms with Gasteiger partial charge in [0.05, 0.1) is 18.6 Å². The fraction of sp³-hybridized carbons (Fsp3) is 0.211. The van der Waals surface area contributed by atoms with Gasteiger partial charge in [0.2, 0.25) is 5.91 Å². The molecule has 0 aliphatic heterocycles. The lowest BCUT2D eigenvalue weighted by Crippen LogP contribution is -2.14. The van der Waals surface area contributed by atoms with Gasteiger partial charge in [-0.2, -0.15) is 0 Å². The Hall–Kier alpha value is -2.91. The lowest BCUT2D eigenvalue weighted by Gasteiger charge is -2.10. The molecule has 0 bridgehead atoms. The maximum Gasteiger partial charge on any atom is 0.234 e. The molecule has 29 heavy (non-hydrogen) atoms. The molecule has 1 amide bonds. The molecule has 152 valence electrons. The first kappa shape index (κ1) is 20.8. The monoisotopic (exact) mass is 434 g/mol. The number of nitrogens with zero attached hydrogens (tertiary/aromatic N) is 3. The second-order valence-corrected chi connectivity index (χ2v) is 7.27. The van der Waals surface area contributed by atoms with E-state index in [1.54, 1.807) is 24.8 Å². The molecule has 2 N–H and O–H groups in total. The van der Waals surface area contributed by atoms with Crippen LogP contribution in [0.1, 0.15) is 5.82 Å². The van der Waals surface area contributed by atoms with Gasteiger partial charge < -0.3 is 24.5 Å². The van der Waals surface area contributed by atoms with Crippen molar-refractivity contribution in [3.63, 3.8) is 0 Å². The molecule has 1 heterocycles. The number of halogens is 1. The van der Waals surface area contributed by atoms with E-state index in [0.29, 0.717) is 27.5 Å². The highest BCUT2D eigenvalue weighted by Crippen LogP contribution is 2.28. The smallest absolute Gasteiger partial charge is 0.234 e. The van der Waals surface area contributed by atoms with Crippen LogP contribution in [0.25, 0.3) is 0 Å². The lowest BCUT2D eigenvalue weighted by atomic mass is 10.3. The Balaban J connectivity index is 1.56. The van der Waals surface area contributed by atoms with E-state index in [0.717, 1.165) is 0 Å². The zero-order chi connectivity index (χ0) is 20.8. The summed E-state index contributed by atoms with van der Waals surface area (Å²) in [5, 5.41) is 21.6. The number of hydrogen-bond acceptors (Lipinski definition) is 7. The normalized spacial score (nSPS) is 10.6. The first-order chi connectivity index (χ1) is 14.0. The van der Waals surface area contributed by atoms with Crippen LogP contribution in [-0.2, 0) is 18.4 Å². The summed E-state index contributed by atoms with van der Waals surface area (Å²) in [5.41, 5.74) is 0.256. The predicted octanol–water partition coefficient (Wildman–Crippen LogP) is 3.49. The Morgan fingerprint density at radius 1 is 1.24 bits per heavy atom. The minimum Gasteiger partial charge on any atom is -0.506 e. The number of rotatable bonds is 8. The quantitative estimate of drug-likeness (QED) is 0.413. The van der Waals surface area contributed by atoms with Gasteiger partial charge in [-0.3, -0.25) is 4.79 Å². The molecule has 0 aliphatic rings. The number of benzene rings is 2. The minimum absolute atomic E-state index is 0.0535. The lowest BCUT2D eigenvalue weighted by molar-refractivity contribution is -0.113. The Kier molecular flexibility index (Phi) is 6.84. The molecule has 0 saturated heterocycles. The molecule has 0 unspecified atom stereocenters. The summed E-state index contributed by atoms with van der Waals surface area (Å²) < 4.78 is 12.8.